The van der Waals surface area contributed by atoms with E-state index in [1.807, 2.05) is 6.07 Å². The molecule has 3 amide bonds. The van der Waals surface area contributed by atoms with E-state index in [1.165, 1.54) is 12.1 Å². The van der Waals surface area contributed by atoms with Gasteiger partial charge in [-0.05, 0) is 61.6 Å². The third-order valence-corrected chi connectivity index (χ3v) is 5.75. The highest BCUT2D eigenvalue weighted by Crippen LogP contribution is 2.24. The largest absolute Gasteiger partial charge is 0.350 e. The van der Waals surface area contributed by atoms with Crippen LogP contribution in [0.25, 0.3) is 0 Å². The molecule has 1 fully saturated rings. The number of amides is 3. The minimum absolute atomic E-state index is 0.0679. The van der Waals surface area contributed by atoms with Crippen molar-refractivity contribution in [1.29, 1.82) is 0 Å². The van der Waals surface area contributed by atoms with Gasteiger partial charge in [0.25, 0.3) is 5.91 Å². The second-order valence-corrected chi connectivity index (χ2v) is 8.34. The Labute approximate surface area is 192 Å². The van der Waals surface area contributed by atoms with E-state index >= 15 is 0 Å². The molecular weight excluding hydrogens is 428 g/mol. The van der Waals surface area contributed by atoms with Gasteiger partial charge < -0.3 is 15.5 Å². The van der Waals surface area contributed by atoms with E-state index in [0.29, 0.717) is 12.1 Å². The number of nitrogens with one attached hydrogen (secondary N) is 4. The number of hydrazine groups is 1. The molecule has 9 heteroatoms. The summed E-state index contributed by atoms with van der Waals surface area (Å²) in [5, 5.41) is 5.42. The third-order valence-electron chi connectivity index (χ3n) is 5.75. The molecule has 178 valence electrons. The van der Waals surface area contributed by atoms with Crippen LogP contribution >= 0.6 is 0 Å². The Hall–Kier alpha value is -3.04. The van der Waals surface area contributed by atoms with Gasteiger partial charge in [0, 0.05) is 44.3 Å². The summed E-state index contributed by atoms with van der Waals surface area (Å²) in [6.45, 7) is 2.73. The fourth-order valence-electron chi connectivity index (χ4n) is 3.75. The van der Waals surface area contributed by atoms with Gasteiger partial charge in [-0.15, -0.1) is 0 Å². The quantitative estimate of drug-likeness (QED) is 0.435. The lowest BCUT2D eigenvalue weighted by molar-refractivity contribution is 0.0953. The number of hydrogen-bond acceptors (Lipinski definition) is 4. The molecule has 33 heavy (non-hydrogen) atoms. The van der Waals surface area contributed by atoms with Gasteiger partial charge in [-0.1, -0.05) is 18.2 Å². The maximum absolute atomic E-state index is 13.6. The van der Waals surface area contributed by atoms with Gasteiger partial charge in [0.15, 0.2) is 0 Å². The molecule has 4 N–H and O–H groups in total. The van der Waals surface area contributed by atoms with Gasteiger partial charge in [-0.25, -0.2) is 13.6 Å². The molecule has 0 saturated carbocycles. The van der Waals surface area contributed by atoms with Crippen molar-refractivity contribution in [2.75, 3.05) is 26.7 Å². The Bertz CT molecular complexity index is 972. The number of halogens is 2. The fraction of sp³-hybridized carbons (Fsp3) is 0.417. The van der Waals surface area contributed by atoms with Gasteiger partial charge in [-0.3, -0.25) is 15.6 Å². The standard InChI is InChI=1S/C24H31F2N5O2/c1-16-8-9-18(14-21(16)26)23(32)27-10-11-28-24(33)31(2)12-4-7-20-15-22(30-29-20)17-5-3-6-19(25)13-17/h3,5-6,8-9,13-14,20,22,29-30H,4,7,10-12,15H2,1-2H3,(H,27,32)(H,28,33). The Morgan fingerprint density at radius 1 is 1.09 bits per heavy atom. The molecule has 2 atom stereocenters. The zero-order valence-electron chi connectivity index (χ0n) is 19.0. The lowest BCUT2D eigenvalue weighted by Crippen LogP contribution is -2.41. The van der Waals surface area contributed by atoms with Crippen molar-refractivity contribution in [1.82, 2.24) is 26.4 Å². The summed E-state index contributed by atoms with van der Waals surface area (Å²) in [5.41, 5.74) is 8.10. The summed E-state index contributed by atoms with van der Waals surface area (Å²) < 4.78 is 27.0. The van der Waals surface area contributed by atoms with E-state index in [1.54, 1.807) is 43.1 Å². The van der Waals surface area contributed by atoms with Crippen molar-refractivity contribution < 1.29 is 18.4 Å². The highest BCUT2D eigenvalue weighted by molar-refractivity contribution is 5.94. The number of carbonyl (C=O) groups excluding carboxylic acids is 2. The molecule has 3 rings (SSSR count). The second-order valence-electron chi connectivity index (χ2n) is 8.34. The molecule has 0 bridgehead atoms. The number of nitrogens with zero attached hydrogens (tertiary/aromatic N) is 1. The molecule has 2 unspecified atom stereocenters. The fourth-order valence-corrected chi connectivity index (χ4v) is 3.75. The van der Waals surface area contributed by atoms with Crippen LogP contribution in [0.2, 0.25) is 0 Å². The number of hydrogen-bond donors (Lipinski definition) is 4. The normalized spacial score (nSPS) is 17.6. The van der Waals surface area contributed by atoms with Crippen LogP contribution in [0.4, 0.5) is 13.6 Å². The molecule has 7 nitrogen and oxygen atoms in total. The molecular formula is C24H31F2N5O2. The van der Waals surface area contributed by atoms with Crippen LogP contribution in [-0.4, -0.2) is 49.6 Å². The van der Waals surface area contributed by atoms with E-state index in [-0.39, 0.29) is 48.5 Å². The Morgan fingerprint density at radius 2 is 1.88 bits per heavy atom. The molecule has 1 heterocycles. The average molecular weight is 460 g/mol. The molecule has 0 spiro atoms. The first-order valence-electron chi connectivity index (χ1n) is 11.1. The summed E-state index contributed by atoms with van der Waals surface area (Å²) in [6, 6.07) is 11.0. The minimum Gasteiger partial charge on any atom is -0.350 e. The van der Waals surface area contributed by atoms with Crippen molar-refractivity contribution >= 4 is 11.9 Å². The highest BCUT2D eigenvalue weighted by Gasteiger charge is 2.25. The monoisotopic (exact) mass is 459 g/mol. The number of carbonyl (C=O) groups is 2. The van der Waals surface area contributed by atoms with Crippen molar-refractivity contribution in [3.05, 3.63) is 70.8 Å². The predicted molar refractivity (Wildman–Crippen MR) is 123 cm³/mol. The van der Waals surface area contributed by atoms with E-state index in [9.17, 15) is 18.4 Å². The molecule has 0 radical (unpaired) electrons. The predicted octanol–water partition coefficient (Wildman–Crippen LogP) is 3.03. The van der Waals surface area contributed by atoms with Crippen molar-refractivity contribution in [2.45, 2.75) is 38.3 Å². The van der Waals surface area contributed by atoms with Crippen LogP contribution < -0.4 is 21.5 Å². The summed E-state index contributed by atoms with van der Waals surface area (Å²) >= 11 is 0. The molecule has 0 aromatic heterocycles. The maximum atomic E-state index is 13.6. The van der Waals surface area contributed by atoms with Crippen LogP contribution in [0.15, 0.2) is 42.5 Å². The van der Waals surface area contributed by atoms with Crippen molar-refractivity contribution in [3.8, 4) is 0 Å². The van der Waals surface area contributed by atoms with Crippen LogP contribution in [-0.2, 0) is 0 Å². The van der Waals surface area contributed by atoms with Crippen LogP contribution in [0, 0.1) is 18.6 Å². The van der Waals surface area contributed by atoms with Crippen molar-refractivity contribution in [2.24, 2.45) is 0 Å². The molecule has 2 aromatic carbocycles. The summed E-state index contributed by atoms with van der Waals surface area (Å²) in [4.78, 5) is 25.9. The van der Waals surface area contributed by atoms with Gasteiger partial charge in [0.2, 0.25) is 0 Å². The van der Waals surface area contributed by atoms with Crippen LogP contribution in [0.3, 0.4) is 0 Å². The third kappa shape index (κ3) is 7.23. The topological polar surface area (TPSA) is 85.5 Å². The number of rotatable bonds is 9. The molecule has 0 aliphatic carbocycles. The number of benzene rings is 2. The lowest BCUT2D eigenvalue weighted by atomic mass is 9.99. The molecule has 1 saturated heterocycles. The lowest BCUT2D eigenvalue weighted by Gasteiger charge is -2.19. The zero-order valence-corrected chi connectivity index (χ0v) is 19.0. The zero-order chi connectivity index (χ0) is 23.8. The highest BCUT2D eigenvalue weighted by atomic mass is 19.1. The van der Waals surface area contributed by atoms with Crippen LogP contribution in [0.5, 0.6) is 0 Å². The van der Waals surface area contributed by atoms with E-state index in [0.717, 1.165) is 24.8 Å². The molecule has 2 aromatic rings. The number of urea groups is 1. The van der Waals surface area contributed by atoms with Gasteiger partial charge in [-0.2, -0.15) is 0 Å². The summed E-state index contributed by atoms with van der Waals surface area (Å²) in [6.07, 6.45) is 2.54. The minimum atomic E-state index is -0.425. The smallest absolute Gasteiger partial charge is 0.317 e. The SMILES string of the molecule is Cc1ccc(C(=O)NCCNC(=O)N(C)CCCC2CC(c3cccc(F)c3)NN2)cc1F. The maximum Gasteiger partial charge on any atom is 0.317 e. The second kappa shape index (κ2) is 11.7. The van der Waals surface area contributed by atoms with Gasteiger partial charge in [0.05, 0.1) is 0 Å². The first-order valence-corrected chi connectivity index (χ1v) is 11.1. The Kier molecular flexibility index (Phi) is 8.73. The Morgan fingerprint density at radius 3 is 2.64 bits per heavy atom. The Balaban J connectivity index is 1.29. The first kappa shape index (κ1) is 24.6. The van der Waals surface area contributed by atoms with Crippen molar-refractivity contribution in [3.63, 3.8) is 0 Å². The summed E-state index contributed by atoms with van der Waals surface area (Å²) in [5.74, 6) is -1.05. The van der Waals surface area contributed by atoms with Gasteiger partial charge in [0.1, 0.15) is 11.6 Å². The van der Waals surface area contributed by atoms with E-state index < -0.39 is 5.82 Å². The van der Waals surface area contributed by atoms with E-state index in [2.05, 4.69) is 21.5 Å². The van der Waals surface area contributed by atoms with E-state index in [4.69, 9.17) is 0 Å². The van der Waals surface area contributed by atoms with Gasteiger partial charge >= 0.3 is 6.03 Å². The molecule has 1 aliphatic heterocycles. The molecule has 1 aliphatic rings. The summed E-state index contributed by atoms with van der Waals surface area (Å²) in [7, 11) is 1.72. The first-order chi connectivity index (χ1) is 15.8. The van der Waals surface area contributed by atoms with Crippen LogP contribution in [0.1, 0.15) is 46.8 Å². The number of aryl methyl sites for hydroxylation is 1. The average Bonchev–Trinajstić information content (AvgIpc) is 3.27.